The third-order valence-corrected chi connectivity index (χ3v) is 5.44. The predicted molar refractivity (Wildman–Crippen MR) is 87.8 cm³/mol. The summed E-state index contributed by atoms with van der Waals surface area (Å²) in [5, 5.41) is 10.6. The molecule has 0 spiro atoms. The second-order valence-corrected chi connectivity index (χ2v) is 7.02. The summed E-state index contributed by atoms with van der Waals surface area (Å²) in [6, 6.07) is 5.31. The zero-order chi connectivity index (χ0) is 17.3. The van der Waals surface area contributed by atoms with Crippen molar-refractivity contribution in [3.8, 4) is 5.75 Å². The van der Waals surface area contributed by atoms with Gasteiger partial charge in [0.05, 0.1) is 11.5 Å². The van der Waals surface area contributed by atoms with Crippen molar-refractivity contribution in [1.29, 1.82) is 0 Å². The largest absolute Gasteiger partial charge is 0.513 e. The van der Waals surface area contributed by atoms with E-state index in [0.717, 1.165) is 18.8 Å². The van der Waals surface area contributed by atoms with Gasteiger partial charge in [-0.25, -0.2) is 4.79 Å². The molecule has 128 valence electrons. The second-order valence-electron chi connectivity index (χ2n) is 7.02. The van der Waals surface area contributed by atoms with Crippen molar-refractivity contribution in [2.45, 2.75) is 33.1 Å². The standard InChI is InChI=1S/C18H21NO5/c1-18(2)13-4-3-12(16(18)11-13)9-10-23-17(20)24-15-7-5-14(6-8-15)19(21)22/h3,5-8,13,16H,4,9-11H2,1-2H3. The van der Waals surface area contributed by atoms with Crippen molar-refractivity contribution in [3.05, 3.63) is 46.0 Å². The number of hydrogen-bond donors (Lipinski definition) is 0. The molecular weight excluding hydrogens is 310 g/mol. The van der Waals surface area contributed by atoms with E-state index >= 15 is 0 Å². The number of carbonyl (C=O) groups is 1. The van der Waals surface area contributed by atoms with E-state index in [1.54, 1.807) is 0 Å². The number of nitrogens with zero attached hydrogens (tertiary/aromatic N) is 1. The highest BCUT2D eigenvalue weighted by Crippen LogP contribution is 2.59. The SMILES string of the molecule is CC1(C)C2CC=C(CCOC(=O)Oc3ccc([N+](=O)[O-])cc3)C1C2. The fraction of sp³-hybridized carbons (Fsp3) is 0.500. The summed E-state index contributed by atoms with van der Waals surface area (Å²) in [6.45, 7) is 4.90. The van der Waals surface area contributed by atoms with E-state index in [1.165, 1.54) is 36.3 Å². The van der Waals surface area contributed by atoms with E-state index in [-0.39, 0.29) is 18.0 Å². The molecule has 0 aromatic heterocycles. The maximum absolute atomic E-state index is 11.7. The molecule has 6 nitrogen and oxygen atoms in total. The second kappa shape index (κ2) is 6.26. The van der Waals surface area contributed by atoms with Gasteiger partial charge in [0.15, 0.2) is 0 Å². The number of hydrogen-bond acceptors (Lipinski definition) is 5. The van der Waals surface area contributed by atoms with E-state index in [1.807, 2.05) is 0 Å². The topological polar surface area (TPSA) is 78.7 Å². The highest BCUT2D eigenvalue weighted by Gasteiger charge is 2.50. The van der Waals surface area contributed by atoms with Crippen LogP contribution in [-0.4, -0.2) is 17.7 Å². The lowest BCUT2D eigenvalue weighted by molar-refractivity contribution is -0.384. The number of non-ortho nitro benzene ring substituents is 1. The molecule has 0 N–H and O–H groups in total. The average molecular weight is 331 g/mol. The van der Waals surface area contributed by atoms with Crippen molar-refractivity contribution in [2.75, 3.05) is 6.61 Å². The van der Waals surface area contributed by atoms with E-state index in [4.69, 9.17) is 9.47 Å². The Morgan fingerprint density at radius 3 is 2.62 bits per heavy atom. The molecule has 3 aliphatic rings. The summed E-state index contributed by atoms with van der Waals surface area (Å²) in [6.07, 6.45) is 4.59. The summed E-state index contributed by atoms with van der Waals surface area (Å²) in [5.74, 6) is 1.62. The summed E-state index contributed by atoms with van der Waals surface area (Å²) < 4.78 is 10.1. The van der Waals surface area contributed by atoms with Crippen molar-refractivity contribution in [1.82, 2.24) is 0 Å². The number of benzene rings is 1. The number of carbonyl (C=O) groups excluding carboxylic acids is 1. The first-order valence-corrected chi connectivity index (χ1v) is 8.16. The molecule has 1 aromatic carbocycles. The van der Waals surface area contributed by atoms with Crippen molar-refractivity contribution in [2.24, 2.45) is 17.3 Å². The van der Waals surface area contributed by atoms with Gasteiger partial charge in [0.1, 0.15) is 5.75 Å². The van der Waals surface area contributed by atoms with E-state index in [0.29, 0.717) is 11.3 Å². The molecule has 4 rings (SSSR count). The van der Waals surface area contributed by atoms with Gasteiger partial charge in [-0.15, -0.1) is 0 Å². The normalized spacial score (nSPS) is 23.7. The minimum atomic E-state index is -0.786. The first kappa shape index (κ1) is 16.5. The lowest BCUT2D eigenvalue weighted by Gasteiger charge is -2.56. The summed E-state index contributed by atoms with van der Waals surface area (Å²) in [4.78, 5) is 21.8. The molecule has 0 amide bonds. The van der Waals surface area contributed by atoms with Gasteiger partial charge in [-0.3, -0.25) is 10.1 Å². The minimum absolute atomic E-state index is 0.0543. The van der Waals surface area contributed by atoms with Crippen LogP contribution in [0, 0.1) is 27.4 Å². The minimum Gasteiger partial charge on any atom is -0.434 e. The summed E-state index contributed by atoms with van der Waals surface area (Å²) >= 11 is 0. The van der Waals surface area contributed by atoms with Crippen LogP contribution in [0.4, 0.5) is 10.5 Å². The fourth-order valence-corrected chi connectivity index (χ4v) is 3.77. The van der Waals surface area contributed by atoms with Gasteiger partial charge in [0.25, 0.3) is 5.69 Å². The van der Waals surface area contributed by atoms with Gasteiger partial charge < -0.3 is 9.47 Å². The number of nitro groups is 1. The van der Waals surface area contributed by atoms with Gasteiger partial charge in [-0.2, -0.15) is 0 Å². The summed E-state index contributed by atoms with van der Waals surface area (Å²) in [5.41, 5.74) is 1.69. The molecule has 2 unspecified atom stereocenters. The molecular formula is C18H21NO5. The third kappa shape index (κ3) is 3.13. The highest BCUT2D eigenvalue weighted by atomic mass is 16.7. The van der Waals surface area contributed by atoms with Gasteiger partial charge in [-0.1, -0.05) is 25.5 Å². The Morgan fingerprint density at radius 2 is 2.04 bits per heavy atom. The molecule has 2 bridgehead atoms. The van der Waals surface area contributed by atoms with Crippen LogP contribution in [0.15, 0.2) is 35.9 Å². The number of fused-ring (bicyclic) bond motifs is 1. The highest BCUT2D eigenvalue weighted by molar-refractivity contribution is 5.64. The Kier molecular flexibility index (Phi) is 4.30. The van der Waals surface area contributed by atoms with Crippen LogP contribution in [0.2, 0.25) is 0 Å². The maximum atomic E-state index is 11.7. The van der Waals surface area contributed by atoms with Gasteiger partial charge in [-0.05, 0) is 42.2 Å². The molecule has 0 saturated heterocycles. The number of rotatable bonds is 5. The van der Waals surface area contributed by atoms with E-state index in [2.05, 4.69) is 19.9 Å². The van der Waals surface area contributed by atoms with Crippen molar-refractivity contribution >= 4 is 11.8 Å². The maximum Gasteiger partial charge on any atom is 0.513 e. The summed E-state index contributed by atoms with van der Waals surface area (Å²) in [7, 11) is 0. The first-order valence-electron chi connectivity index (χ1n) is 8.16. The quantitative estimate of drug-likeness (QED) is 0.261. The van der Waals surface area contributed by atoms with E-state index < -0.39 is 11.1 Å². The molecule has 3 aliphatic carbocycles. The molecule has 1 fully saturated rings. The molecule has 24 heavy (non-hydrogen) atoms. The third-order valence-electron chi connectivity index (χ3n) is 5.44. The van der Waals surface area contributed by atoms with Crippen LogP contribution in [-0.2, 0) is 4.74 Å². The Bertz CT molecular complexity index is 677. The van der Waals surface area contributed by atoms with Gasteiger partial charge in [0.2, 0.25) is 0 Å². The average Bonchev–Trinajstić information content (AvgIpc) is 2.55. The van der Waals surface area contributed by atoms with Crippen molar-refractivity contribution in [3.63, 3.8) is 0 Å². The smallest absolute Gasteiger partial charge is 0.434 e. The van der Waals surface area contributed by atoms with Crippen LogP contribution < -0.4 is 4.74 Å². The molecule has 0 radical (unpaired) electrons. The predicted octanol–water partition coefficient (Wildman–Crippen LogP) is 4.49. The number of nitro benzene ring substituents is 1. The Balaban J connectivity index is 1.45. The molecule has 0 aliphatic heterocycles. The monoisotopic (exact) mass is 331 g/mol. The van der Waals surface area contributed by atoms with Crippen LogP contribution >= 0.6 is 0 Å². The molecule has 6 heteroatoms. The Labute approximate surface area is 140 Å². The first-order chi connectivity index (χ1) is 11.4. The fourth-order valence-electron chi connectivity index (χ4n) is 3.77. The van der Waals surface area contributed by atoms with Crippen molar-refractivity contribution < 1.29 is 19.2 Å². The van der Waals surface area contributed by atoms with Crippen LogP contribution in [0.3, 0.4) is 0 Å². The number of ether oxygens (including phenoxy) is 2. The Morgan fingerprint density at radius 1 is 1.33 bits per heavy atom. The zero-order valence-electron chi connectivity index (χ0n) is 13.9. The molecule has 1 saturated carbocycles. The number of allylic oxidation sites excluding steroid dienone is 1. The molecule has 1 aromatic rings. The van der Waals surface area contributed by atoms with Gasteiger partial charge >= 0.3 is 6.16 Å². The Hall–Kier alpha value is -2.37. The molecule has 2 atom stereocenters. The van der Waals surface area contributed by atoms with E-state index in [9.17, 15) is 14.9 Å². The molecule has 0 heterocycles. The lowest BCUT2D eigenvalue weighted by atomic mass is 9.48. The van der Waals surface area contributed by atoms with Crippen LogP contribution in [0.1, 0.15) is 33.1 Å². The zero-order valence-corrected chi connectivity index (χ0v) is 13.9. The van der Waals surface area contributed by atoms with Crippen LogP contribution in [0.5, 0.6) is 5.75 Å². The van der Waals surface area contributed by atoms with Gasteiger partial charge in [0, 0.05) is 18.6 Å². The van der Waals surface area contributed by atoms with Crippen LogP contribution in [0.25, 0.3) is 0 Å². The lowest BCUT2D eigenvalue weighted by Crippen LogP contribution is -2.48.